The lowest BCUT2D eigenvalue weighted by molar-refractivity contribution is 0.0988. The minimum Gasteiger partial charge on any atom is -0.375 e. The number of ether oxygens (including phenoxy) is 1. The van der Waals surface area contributed by atoms with E-state index in [2.05, 4.69) is 16.8 Å². The fourth-order valence-corrected chi connectivity index (χ4v) is 2.40. The van der Waals surface area contributed by atoms with Gasteiger partial charge in [-0.05, 0) is 17.0 Å². The van der Waals surface area contributed by atoms with E-state index in [1.807, 2.05) is 0 Å². The van der Waals surface area contributed by atoms with Gasteiger partial charge in [0.05, 0.1) is 0 Å². The van der Waals surface area contributed by atoms with Crippen molar-refractivity contribution < 1.29 is 4.74 Å². The Morgan fingerprint density at radius 2 is 2.50 bits per heavy atom. The summed E-state index contributed by atoms with van der Waals surface area (Å²) in [6.45, 7) is 1.95. The summed E-state index contributed by atoms with van der Waals surface area (Å²) in [6, 6.07) is 2.16. The number of thiophene rings is 1. The number of hydrogen-bond donors (Lipinski definition) is 1. The van der Waals surface area contributed by atoms with Crippen LogP contribution in [0, 0.1) is 0 Å². The first kappa shape index (κ1) is 9.99. The van der Waals surface area contributed by atoms with E-state index in [-0.39, 0.29) is 18.5 Å². The maximum Gasteiger partial charge on any atom is 0.104 e. The summed E-state index contributed by atoms with van der Waals surface area (Å²) < 4.78 is 5.32. The van der Waals surface area contributed by atoms with E-state index in [9.17, 15) is 0 Å². The molecule has 0 aliphatic carbocycles. The molecule has 0 aromatic carbocycles. The number of fused-ring (bicyclic) bond motifs is 1. The molecular formula is C8H12ClNOS. The van der Waals surface area contributed by atoms with Gasteiger partial charge in [0.1, 0.15) is 6.10 Å². The predicted octanol–water partition coefficient (Wildman–Crippen LogP) is 1.96. The van der Waals surface area contributed by atoms with E-state index in [0.29, 0.717) is 0 Å². The van der Waals surface area contributed by atoms with Gasteiger partial charge in [-0.1, -0.05) is 0 Å². The fourth-order valence-electron chi connectivity index (χ4n) is 1.40. The summed E-state index contributed by atoms with van der Waals surface area (Å²) in [5.41, 5.74) is 1.40. The molecule has 1 aromatic rings. The summed E-state index contributed by atoms with van der Waals surface area (Å²) in [5.74, 6) is 0. The van der Waals surface area contributed by atoms with Crippen LogP contribution in [0.15, 0.2) is 11.4 Å². The van der Waals surface area contributed by atoms with Gasteiger partial charge < -0.3 is 10.1 Å². The molecule has 12 heavy (non-hydrogen) atoms. The molecule has 1 unspecified atom stereocenters. The molecule has 2 nitrogen and oxygen atoms in total. The SMILES string of the molecule is COC1CNCc2ccsc21.Cl. The molecule has 0 saturated heterocycles. The number of rotatable bonds is 1. The summed E-state index contributed by atoms with van der Waals surface area (Å²) in [7, 11) is 1.77. The van der Waals surface area contributed by atoms with Gasteiger partial charge in [0.15, 0.2) is 0 Å². The van der Waals surface area contributed by atoms with Crippen LogP contribution < -0.4 is 5.32 Å². The van der Waals surface area contributed by atoms with Gasteiger partial charge in [-0.15, -0.1) is 23.7 Å². The standard InChI is InChI=1S/C8H11NOS.ClH/c1-10-7-5-9-4-6-2-3-11-8(6)7;/h2-3,7,9H,4-5H2,1H3;1H. The number of halogens is 1. The zero-order chi connectivity index (χ0) is 7.68. The highest BCUT2D eigenvalue weighted by atomic mass is 35.5. The Balaban J connectivity index is 0.000000720. The molecule has 1 atom stereocenters. The van der Waals surface area contributed by atoms with Gasteiger partial charge in [0, 0.05) is 25.1 Å². The van der Waals surface area contributed by atoms with E-state index >= 15 is 0 Å². The summed E-state index contributed by atoms with van der Waals surface area (Å²) in [5, 5.41) is 5.44. The average Bonchev–Trinajstić information content (AvgIpc) is 2.50. The number of nitrogens with one attached hydrogen (secondary N) is 1. The Morgan fingerprint density at radius 3 is 3.25 bits per heavy atom. The lowest BCUT2D eigenvalue weighted by Gasteiger charge is -2.21. The second-order valence-corrected chi connectivity index (χ2v) is 3.61. The molecule has 0 amide bonds. The average molecular weight is 206 g/mol. The molecule has 68 valence electrons. The van der Waals surface area contributed by atoms with Crippen LogP contribution in [0.25, 0.3) is 0 Å². The van der Waals surface area contributed by atoms with Crippen LogP contribution >= 0.6 is 23.7 Å². The van der Waals surface area contributed by atoms with Crippen LogP contribution in [-0.2, 0) is 11.3 Å². The van der Waals surface area contributed by atoms with Gasteiger partial charge in [-0.25, -0.2) is 0 Å². The number of hydrogen-bond acceptors (Lipinski definition) is 3. The van der Waals surface area contributed by atoms with Crippen molar-refractivity contribution >= 4 is 23.7 Å². The van der Waals surface area contributed by atoms with E-state index in [4.69, 9.17) is 4.74 Å². The van der Waals surface area contributed by atoms with Gasteiger partial charge in [0.25, 0.3) is 0 Å². The monoisotopic (exact) mass is 205 g/mol. The van der Waals surface area contributed by atoms with Crippen molar-refractivity contribution in [2.24, 2.45) is 0 Å². The van der Waals surface area contributed by atoms with Gasteiger partial charge in [-0.2, -0.15) is 0 Å². The lowest BCUT2D eigenvalue weighted by atomic mass is 10.1. The largest absolute Gasteiger partial charge is 0.375 e. The maximum atomic E-state index is 5.32. The van der Waals surface area contributed by atoms with Crippen molar-refractivity contribution in [2.75, 3.05) is 13.7 Å². The smallest absolute Gasteiger partial charge is 0.104 e. The first-order valence-electron chi connectivity index (χ1n) is 3.71. The zero-order valence-electron chi connectivity index (χ0n) is 6.87. The quantitative estimate of drug-likeness (QED) is 0.757. The highest BCUT2D eigenvalue weighted by Crippen LogP contribution is 2.29. The molecule has 2 rings (SSSR count). The van der Waals surface area contributed by atoms with E-state index in [1.165, 1.54) is 10.4 Å². The molecule has 0 fully saturated rings. The third-order valence-corrected chi connectivity index (χ3v) is 3.05. The summed E-state index contributed by atoms with van der Waals surface area (Å²) >= 11 is 1.79. The fraction of sp³-hybridized carbons (Fsp3) is 0.500. The molecule has 1 aliphatic rings. The zero-order valence-corrected chi connectivity index (χ0v) is 8.50. The normalized spacial score (nSPS) is 21.2. The van der Waals surface area contributed by atoms with Crippen LogP contribution in [0.5, 0.6) is 0 Å². The second-order valence-electron chi connectivity index (χ2n) is 2.67. The topological polar surface area (TPSA) is 21.3 Å². The van der Waals surface area contributed by atoms with Crippen LogP contribution in [0.4, 0.5) is 0 Å². The van der Waals surface area contributed by atoms with Gasteiger partial charge in [0.2, 0.25) is 0 Å². The third-order valence-electron chi connectivity index (χ3n) is 2.00. The van der Waals surface area contributed by atoms with Crippen LogP contribution in [0.1, 0.15) is 16.5 Å². The first-order valence-corrected chi connectivity index (χ1v) is 4.59. The molecule has 1 aliphatic heterocycles. The highest BCUT2D eigenvalue weighted by Gasteiger charge is 2.19. The van der Waals surface area contributed by atoms with Crippen molar-refractivity contribution in [3.05, 3.63) is 21.9 Å². The molecule has 2 heterocycles. The Labute approximate surface area is 82.3 Å². The maximum absolute atomic E-state index is 5.32. The van der Waals surface area contributed by atoms with Crippen molar-refractivity contribution in [2.45, 2.75) is 12.6 Å². The molecule has 0 radical (unpaired) electrons. The summed E-state index contributed by atoms with van der Waals surface area (Å²) in [6.07, 6.45) is 0.277. The van der Waals surface area contributed by atoms with Crippen LogP contribution in [0.2, 0.25) is 0 Å². The molecule has 0 bridgehead atoms. The van der Waals surface area contributed by atoms with Crippen molar-refractivity contribution in [1.82, 2.24) is 5.32 Å². The molecular weight excluding hydrogens is 194 g/mol. The van der Waals surface area contributed by atoms with E-state index in [1.54, 1.807) is 18.4 Å². The van der Waals surface area contributed by atoms with E-state index in [0.717, 1.165) is 13.1 Å². The Bertz CT molecular complexity index is 251. The van der Waals surface area contributed by atoms with Crippen molar-refractivity contribution in [3.63, 3.8) is 0 Å². The third kappa shape index (κ3) is 1.64. The Kier molecular flexibility index (Phi) is 3.53. The first-order chi connectivity index (χ1) is 5.42. The number of methoxy groups -OCH3 is 1. The van der Waals surface area contributed by atoms with Gasteiger partial charge >= 0.3 is 0 Å². The highest BCUT2D eigenvalue weighted by molar-refractivity contribution is 7.10. The molecule has 0 spiro atoms. The molecule has 1 aromatic heterocycles. The molecule has 1 N–H and O–H groups in total. The van der Waals surface area contributed by atoms with Crippen LogP contribution in [0.3, 0.4) is 0 Å². The van der Waals surface area contributed by atoms with Crippen LogP contribution in [-0.4, -0.2) is 13.7 Å². The van der Waals surface area contributed by atoms with Crippen molar-refractivity contribution in [1.29, 1.82) is 0 Å². The van der Waals surface area contributed by atoms with Gasteiger partial charge in [-0.3, -0.25) is 0 Å². The second kappa shape index (κ2) is 4.23. The lowest BCUT2D eigenvalue weighted by Crippen LogP contribution is -2.27. The van der Waals surface area contributed by atoms with E-state index < -0.39 is 0 Å². The molecule has 4 heteroatoms. The predicted molar refractivity (Wildman–Crippen MR) is 53.0 cm³/mol. The minimum absolute atomic E-state index is 0. The Hall–Kier alpha value is -0.0900. The Morgan fingerprint density at radius 1 is 1.67 bits per heavy atom. The molecule has 0 saturated carbocycles. The minimum atomic E-state index is 0. The van der Waals surface area contributed by atoms with Crippen molar-refractivity contribution in [3.8, 4) is 0 Å². The summed E-state index contributed by atoms with van der Waals surface area (Å²) in [4.78, 5) is 1.39.